The summed E-state index contributed by atoms with van der Waals surface area (Å²) in [4.78, 5) is 4.21. The van der Waals surface area contributed by atoms with E-state index >= 15 is 0 Å². The number of aliphatic imine (C=N–C) groups is 1. The van der Waals surface area contributed by atoms with Gasteiger partial charge in [0.2, 0.25) is 0 Å². The van der Waals surface area contributed by atoms with Gasteiger partial charge in [0.25, 0.3) is 0 Å². The molecule has 0 radical (unpaired) electrons. The second kappa shape index (κ2) is 10.8. The number of nitrogens with one attached hydrogen (secondary N) is 2. The number of guanidine groups is 1. The molecular formula is C13H29N3. The Balaban J connectivity index is 3.79. The average molecular weight is 227 g/mol. The molecule has 0 aromatic heterocycles. The van der Waals surface area contributed by atoms with Crippen molar-refractivity contribution in [1.82, 2.24) is 10.6 Å². The maximum atomic E-state index is 4.21. The van der Waals surface area contributed by atoms with E-state index in [4.69, 9.17) is 0 Å². The third-order valence-corrected chi connectivity index (χ3v) is 2.87. The molecule has 0 aromatic rings. The SMILES string of the molecule is CCCCC(CC)CNC(=NC)NCCC. The number of hydrogen-bond donors (Lipinski definition) is 2. The fourth-order valence-corrected chi connectivity index (χ4v) is 1.65. The first-order chi connectivity index (χ1) is 7.78. The summed E-state index contributed by atoms with van der Waals surface area (Å²) in [6.07, 6.45) is 6.33. The van der Waals surface area contributed by atoms with Crippen LogP contribution in [0.25, 0.3) is 0 Å². The zero-order chi connectivity index (χ0) is 12.2. The molecule has 0 aliphatic carbocycles. The van der Waals surface area contributed by atoms with Gasteiger partial charge < -0.3 is 10.6 Å². The summed E-state index contributed by atoms with van der Waals surface area (Å²) >= 11 is 0. The van der Waals surface area contributed by atoms with Crippen LogP contribution >= 0.6 is 0 Å². The highest BCUT2D eigenvalue weighted by molar-refractivity contribution is 5.79. The molecule has 0 saturated heterocycles. The van der Waals surface area contributed by atoms with Crippen molar-refractivity contribution in [2.75, 3.05) is 20.1 Å². The van der Waals surface area contributed by atoms with Gasteiger partial charge in [-0.15, -0.1) is 0 Å². The van der Waals surface area contributed by atoms with Crippen LogP contribution in [0.1, 0.15) is 52.9 Å². The van der Waals surface area contributed by atoms with Crippen LogP contribution in [0.5, 0.6) is 0 Å². The van der Waals surface area contributed by atoms with Crippen molar-refractivity contribution >= 4 is 5.96 Å². The topological polar surface area (TPSA) is 36.4 Å². The molecule has 0 saturated carbocycles. The van der Waals surface area contributed by atoms with Gasteiger partial charge in [-0.05, 0) is 18.8 Å². The maximum Gasteiger partial charge on any atom is 0.190 e. The molecule has 1 atom stereocenters. The number of hydrogen-bond acceptors (Lipinski definition) is 1. The third-order valence-electron chi connectivity index (χ3n) is 2.87. The highest BCUT2D eigenvalue weighted by atomic mass is 15.2. The van der Waals surface area contributed by atoms with Crippen LogP contribution in [0, 0.1) is 5.92 Å². The van der Waals surface area contributed by atoms with E-state index < -0.39 is 0 Å². The van der Waals surface area contributed by atoms with E-state index in [0.717, 1.165) is 31.4 Å². The van der Waals surface area contributed by atoms with Crippen LogP contribution in [-0.2, 0) is 0 Å². The van der Waals surface area contributed by atoms with Crippen LogP contribution in [0.15, 0.2) is 4.99 Å². The van der Waals surface area contributed by atoms with Gasteiger partial charge in [0, 0.05) is 20.1 Å². The number of nitrogens with zero attached hydrogens (tertiary/aromatic N) is 1. The molecule has 3 heteroatoms. The second-order valence-corrected chi connectivity index (χ2v) is 4.30. The van der Waals surface area contributed by atoms with Crippen LogP contribution < -0.4 is 10.6 Å². The first kappa shape index (κ1) is 15.3. The molecule has 0 heterocycles. The Kier molecular flexibility index (Phi) is 10.3. The summed E-state index contributed by atoms with van der Waals surface area (Å²) in [5.41, 5.74) is 0. The van der Waals surface area contributed by atoms with Crippen LogP contribution in [0.4, 0.5) is 0 Å². The van der Waals surface area contributed by atoms with Gasteiger partial charge in [0.1, 0.15) is 0 Å². The first-order valence-electron chi connectivity index (χ1n) is 6.72. The minimum Gasteiger partial charge on any atom is -0.356 e. The Morgan fingerprint density at radius 2 is 1.88 bits per heavy atom. The standard InChI is InChI=1S/C13H29N3/c1-5-8-9-12(7-3)11-16-13(14-4)15-10-6-2/h12H,5-11H2,1-4H3,(H2,14,15,16). The lowest BCUT2D eigenvalue weighted by Gasteiger charge is -2.17. The first-order valence-corrected chi connectivity index (χ1v) is 6.72. The Morgan fingerprint density at radius 1 is 1.12 bits per heavy atom. The maximum absolute atomic E-state index is 4.21. The van der Waals surface area contributed by atoms with Crippen molar-refractivity contribution in [3.63, 3.8) is 0 Å². The lowest BCUT2D eigenvalue weighted by atomic mass is 9.99. The Labute approximate surface area is 101 Å². The summed E-state index contributed by atoms with van der Waals surface area (Å²) in [5.74, 6) is 1.72. The monoisotopic (exact) mass is 227 g/mol. The van der Waals surface area contributed by atoms with Crippen molar-refractivity contribution in [3.8, 4) is 0 Å². The fourth-order valence-electron chi connectivity index (χ4n) is 1.65. The van der Waals surface area contributed by atoms with Crippen molar-refractivity contribution in [3.05, 3.63) is 0 Å². The molecule has 1 unspecified atom stereocenters. The molecule has 96 valence electrons. The zero-order valence-corrected chi connectivity index (χ0v) is 11.5. The molecule has 0 aliphatic heterocycles. The summed E-state index contributed by atoms with van der Waals surface area (Å²) in [6.45, 7) is 8.72. The van der Waals surface area contributed by atoms with Crippen molar-refractivity contribution < 1.29 is 0 Å². The lowest BCUT2D eigenvalue weighted by Crippen LogP contribution is -2.40. The molecule has 0 spiro atoms. The Morgan fingerprint density at radius 3 is 2.38 bits per heavy atom. The number of unbranched alkanes of at least 4 members (excludes halogenated alkanes) is 1. The van der Waals surface area contributed by atoms with E-state index in [1.165, 1.54) is 25.7 Å². The van der Waals surface area contributed by atoms with Gasteiger partial charge in [-0.3, -0.25) is 4.99 Å². The summed E-state index contributed by atoms with van der Waals surface area (Å²) < 4.78 is 0. The quantitative estimate of drug-likeness (QED) is 0.494. The highest BCUT2D eigenvalue weighted by Crippen LogP contribution is 2.10. The van der Waals surface area contributed by atoms with E-state index in [1.54, 1.807) is 0 Å². The van der Waals surface area contributed by atoms with Gasteiger partial charge in [0.15, 0.2) is 5.96 Å². The van der Waals surface area contributed by atoms with Gasteiger partial charge in [-0.2, -0.15) is 0 Å². The largest absolute Gasteiger partial charge is 0.356 e. The van der Waals surface area contributed by atoms with E-state index in [-0.39, 0.29) is 0 Å². The molecule has 0 fully saturated rings. The van der Waals surface area contributed by atoms with E-state index in [1.807, 2.05) is 7.05 Å². The van der Waals surface area contributed by atoms with Gasteiger partial charge >= 0.3 is 0 Å². The fraction of sp³-hybridized carbons (Fsp3) is 0.923. The van der Waals surface area contributed by atoms with Crippen LogP contribution in [-0.4, -0.2) is 26.1 Å². The zero-order valence-electron chi connectivity index (χ0n) is 11.5. The average Bonchev–Trinajstić information content (AvgIpc) is 2.33. The van der Waals surface area contributed by atoms with Gasteiger partial charge in [0.05, 0.1) is 0 Å². The van der Waals surface area contributed by atoms with E-state index in [0.29, 0.717) is 0 Å². The molecule has 0 amide bonds. The molecule has 0 aliphatic rings. The molecule has 0 bridgehead atoms. The normalized spacial score (nSPS) is 13.6. The molecule has 0 aromatic carbocycles. The Bertz CT molecular complexity index is 178. The second-order valence-electron chi connectivity index (χ2n) is 4.30. The Hall–Kier alpha value is -0.730. The predicted octanol–water partition coefficient (Wildman–Crippen LogP) is 2.78. The van der Waals surface area contributed by atoms with Crippen molar-refractivity contribution in [1.29, 1.82) is 0 Å². The van der Waals surface area contributed by atoms with E-state index in [9.17, 15) is 0 Å². The van der Waals surface area contributed by atoms with Crippen molar-refractivity contribution in [2.45, 2.75) is 52.9 Å². The van der Waals surface area contributed by atoms with Crippen LogP contribution in [0.3, 0.4) is 0 Å². The molecule has 16 heavy (non-hydrogen) atoms. The van der Waals surface area contributed by atoms with E-state index in [2.05, 4.69) is 36.4 Å². The molecule has 2 N–H and O–H groups in total. The molecular weight excluding hydrogens is 198 g/mol. The predicted molar refractivity (Wildman–Crippen MR) is 73.0 cm³/mol. The summed E-state index contributed by atoms with van der Waals surface area (Å²) in [6, 6.07) is 0. The smallest absolute Gasteiger partial charge is 0.190 e. The van der Waals surface area contributed by atoms with Crippen LogP contribution in [0.2, 0.25) is 0 Å². The third kappa shape index (κ3) is 7.55. The molecule has 0 rings (SSSR count). The highest BCUT2D eigenvalue weighted by Gasteiger charge is 2.06. The minimum atomic E-state index is 0.778. The lowest BCUT2D eigenvalue weighted by molar-refractivity contribution is 0.443. The number of rotatable bonds is 8. The summed E-state index contributed by atoms with van der Waals surface area (Å²) in [5, 5.41) is 6.70. The minimum absolute atomic E-state index is 0.778. The summed E-state index contributed by atoms with van der Waals surface area (Å²) in [7, 11) is 1.83. The molecule has 3 nitrogen and oxygen atoms in total. The van der Waals surface area contributed by atoms with Gasteiger partial charge in [-0.1, -0.05) is 40.0 Å². The van der Waals surface area contributed by atoms with Gasteiger partial charge in [-0.25, -0.2) is 0 Å². The van der Waals surface area contributed by atoms with Crippen molar-refractivity contribution in [2.24, 2.45) is 10.9 Å².